The van der Waals surface area contributed by atoms with Gasteiger partial charge < -0.3 is 9.51 Å². The summed E-state index contributed by atoms with van der Waals surface area (Å²) in [5, 5.41) is 4.49. The quantitative estimate of drug-likeness (QED) is 0.567. The van der Waals surface area contributed by atoms with Crippen LogP contribution in [-0.4, -0.2) is 20.1 Å². The third-order valence-corrected chi connectivity index (χ3v) is 2.98. The Kier molecular flexibility index (Phi) is 1.94. The molecule has 1 N–H and O–H groups in total. The van der Waals surface area contributed by atoms with Crippen molar-refractivity contribution >= 4 is 21.9 Å². The maximum atomic E-state index is 13.7. The first-order valence-corrected chi connectivity index (χ1v) is 5.66. The average Bonchev–Trinajstić information content (AvgIpc) is 3.08. The van der Waals surface area contributed by atoms with Crippen LogP contribution in [0.5, 0.6) is 0 Å². The van der Waals surface area contributed by atoms with Crippen molar-refractivity contribution in [1.82, 2.24) is 20.1 Å². The topological polar surface area (TPSA) is 67.6 Å². The standard InChI is InChI=1S/C13H7FN4O/c14-8-3-1-2-7-11(8)15-6-10-12(7)17-13(16-10)9-4-5-19-18-9/h1-6H,(H,16,17). The van der Waals surface area contributed by atoms with E-state index in [-0.39, 0.29) is 5.82 Å². The first kappa shape index (κ1) is 10.2. The van der Waals surface area contributed by atoms with E-state index in [4.69, 9.17) is 4.52 Å². The lowest BCUT2D eigenvalue weighted by Gasteiger charge is -1.97. The van der Waals surface area contributed by atoms with Crippen LogP contribution >= 0.6 is 0 Å². The number of pyridine rings is 1. The van der Waals surface area contributed by atoms with Crippen LogP contribution in [0, 0.1) is 5.82 Å². The molecule has 0 spiro atoms. The largest absolute Gasteiger partial charge is 0.364 e. The molecular formula is C13H7FN4O. The van der Waals surface area contributed by atoms with Crippen molar-refractivity contribution in [2.24, 2.45) is 0 Å². The zero-order valence-corrected chi connectivity index (χ0v) is 9.59. The van der Waals surface area contributed by atoms with E-state index in [1.165, 1.54) is 12.3 Å². The van der Waals surface area contributed by atoms with Crippen molar-refractivity contribution in [2.75, 3.05) is 0 Å². The third-order valence-electron chi connectivity index (χ3n) is 2.98. The van der Waals surface area contributed by atoms with Crippen molar-refractivity contribution in [2.45, 2.75) is 0 Å². The van der Waals surface area contributed by atoms with Gasteiger partial charge in [-0.25, -0.2) is 9.37 Å². The van der Waals surface area contributed by atoms with E-state index in [0.717, 1.165) is 5.52 Å². The van der Waals surface area contributed by atoms with Gasteiger partial charge in [-0.2, -0.15) is 0 Å². The SMILES string of the molecule is Fc1cccc2c1ncc1[nH]c(-c3ccon3)nc12. The number of aromatic nitrogens is 4. The fourth-order valence-electron chi connectivity index (χ4n) is 2.11. The smallest absolute Gasteiger partial charge is 0.160 e. The Bertz CT molecular complexity index is 882. The highest BCUT2D eigenvalue weighted by Gasteiger charge is 2.12. The number of imidazole rings is 1. The molecule has 3 heterocycles. The Balaban J connectivity index is 2.09. The minimum absolute atomic E-state index is 0.313. The molecule has 0 bridgehead atoms. The lowest BCUT2D eigenvalue weighted by atomic mass is 10.2. The van der Waals surface area contributed by atoms with E-state index >= 15 is 0 Å². The molecule has 5 nitrogen and oxygen atoms in total. The van der Waals surface area contributed by atoms with Crippen molar-refractivity contribution in [3.8, 4) is 11.5 Å². The molecule has 0 aliphatic carbocycles. The Morgan fingerprint density at radius 1 is 1.16 bits per heavy atom. The average molecular weight is 254 g/mol. The van der Waals surface area contributed by atoms with Gasteiger partial charge in [-0.1, -0.05) is 17.3 Å². The highest BCUT2D eigenvalue weighted by atomic mass is 19.1. The molecule has 3 aromatic heterocycles. The summed E-state index contributed by atoms with van der Waals surface area (Å²) in [6.07, 6.45) is 3.04. The van der Waals surface area contributed by atoms with Crippen LogP contribution < -0.4 is 0 Å². The normalized spacial score (nSPS) is 11.4. The maximum absolute atomic E-state index is 13.7. The molecule has 0 saturated heterocycles. The van der Waals surface area contributed by atoms with E-state index < -0.39 is 0 Å². The fraction of sp³-hybridized carbons (Fsp3) is 0. The number of para-hydroxylation sites is 1. The van der Waals surface area contributed by atoms with Crippen LogP contribution in [0.3, 0.4) is 0 Å². The van der Waals surface area contributed by atoms with E-state index in [2.05, 4.69) is 20.1 Å². The molecule has 0 amide bonds. The van der Waals surface area contributed by atoms with Gasteiger partial charge in [-0.3, -0.25) is 4.98 Å². The summed E-state index contributed by atoms with van der Waals surface area (Å²) in [5.74, 6) is 0.215. The highest BCUT2D eigenvalue weighted by Crippen LogP contribution is 2.25. The number of aromatic amines is 1. The van der Waals surface area contributed by atoms with Gasteiger partial charge in [0.05, 0.1) is 11.7 Å². The number of H-pyrrole nitrogens is 1. The van der Waals surface area contributed by atoms with Gasteiger partial charge in [0.1, 0.15) is 28.8 Å². The highest BCUT2D eigenvalue weighted by molar-refractivity contribution is 6.02. The summed E-state index contributed by atoms with van der Waals surface area (Å²) in [4.78, 5) is 11.6. The van der Waals surface area contributed by atoms with Gasteiger partial charge in [0, 0.05) is 11.5 Å². The molecule has 4 aromatic rings. The van der Waals surface area contributed by atoms with Crippen LogP contribution in [0.25, 0.3) is 33.5 Å². The maximum Gasteiger partial charge on any atom is 0.160 e. The number of nitrogens with one attached hydrogen (secondary N) is 1. The summed E-state index contributed by atoms with van der Waals surface area (Å²) < 4.78 is 18.5. The molecule has 0 fully saturated rings. The van der Waals surface area contributed by atoms with Gasteiger partial charge in [0.15, 0.2) is 5.82 Å². The molecule has 4 rings (SSSR count). The monoisotopic (exact) mass is 254 g/mol. The van der Waals surface area contributed by atoms with Crippen LogP contribution in [0.1, 0.15) is 0 Å². The molecule has 0 aliphatic rings. The summed E-state index contributed by atoms with van der Waals surface area (Å²) in [7, 11) is 0. The van der Waals surface area contributed by atoms with Crippen molar-refractivity contribution in [3.63, 3.8) is 0 Å². The lowest BCUT2D eigenvalue weighted by molar-refractivity contribution is 0.422. The van der Waals surface area contributed by atoms with E-state index in [0.29, 0.717) is 27.9 Å². The molecule has 0 radical (unpaired) electrons. The summed E-state index contributed by atoms with van der Waals surface area (Å²) in [6, 6.07) is 6.52. The summed E-state index contributed by atoms with van der Waals surface area (Å²) >= 11 is 0. The van der Waals surface area contributed by atoms with Crippen LogP contribution in [-0.2, 0) is 0 Å². The van der Waals surface area contributed by atoms with Gasteiger partial charge in [-0.05, 0) is 6.07 Å². The number of benzene rings is 1. The molecule has 19 heavy (non-hydrogen) atoms. The molecular weight excluding hydrogens is 247 g/mol. The zero-order chi connectivity index (χ0) is 12.8. The summed E-state index contributed by atoms with van der Waals surface area (Å²) in [5.41, 5.74) is 2.31. The van der Waals surface area contributed by atoms with Crippen molar-refractivity contribution in [1.29, 1.82) is 0 Å². The van der Waals surface area contributed by atoms with E-state index in [9.17, 15) is 4.39 Å². The van der Waals surface area contributed by atoms with Crippen LogP contribution in [0.15, 0.2) is 41.2 Å². The number of rotatable bonds is 1. The minimum atomic E-state index is -0.356. The summed E-state index contributed by atoms with van der Waals surface area (Å²) in [6.45, 7) is 0. The fourth-order valence-corrected chi connectivity index (χ4v) is 2.11. The second-order valence-electron chi connectivity index (χ2n) is 4.13. The van der Waals surface area contributed by atoms with Gasteiger partial charge in [0.2, 0.25) is 0 Å². The predicted molar refractivity (Wildman–Crippen MR) is 66.8 cm³/mol. The van der Waals surface area contributed by atoms with Gasteiger partial charge in [0.25, 0.3) is 0 Å². The first-order chi connectivity index (χ1) is 9.33. The number of halogens is 1. The van der Waals surface area contributed by atoms with Crippen molar-refractivity contribution < 1.29 is 8.91 Å². The van der Waals surface area contributed by atoms with Gasteiger partial charge in [-0.15, -0.1) is 0 Å². The predicted octanol–water partition coefficient (Wildman–Crippen LogP) is 2.91. The van der Waals surface area contributed by atoms with Crippen LogP contribution in [0.2, 0.25) is 0 Å². The molecule has 0 atom stereocenters. The Hall–Kier alpha value is -2.76. The molecule has 0 saturated carbocycles. The molecule has 6 heteroatoms. The van der Waals surface area contributed by atoms with E-state index in [1.54, 1.807) is 24.4 Å². The number of hydrogen-bond donors (Lipinski definition) is 1. The second-order valence-corrected chi connectivity index (χ2v) is 4.13. The van der Waals surface area contributed by atoms with E-state index in [1.807, 2.05) is 0 Å². The zero-order valence-electron chi connectivity index (χ0n) is 9.59. The van der Waals surface area contributed by atoms with Gasteiger partial charge >= 0.3 is 0 Å². The Morgan fingerprint density at radius 3 is 2.95 bits per heavy atom. The Labute approximate surface area is 106 Å². The number of fused-ring (bicyclic) bond motifs is 3. The molecule has 92 valence electrons. The number of hydrogen-bond acceptors (Lipinski definition) is 4. The molecule has 0 unspecified atom stereocenters. The number of nitrogens with zero attached hydrogens (tertiary/aromatic N) is 3. The third kappa shape index (κ3) is 1.43. The molecule has 0 aliphatic heterocycles. The second kappa shape index (κ2) is 3.61. The van der Waals surface area contributed by atoms with Crippen LogP contribution in [0.4, 0.5) is 4.39 Å². The molecule has 1 aromatic carbocycles. The Morgan fingerprint density at radius 2 is 2.11 bits per heavy atom. The lowest BCUT2D eigenvalue weighted by Crippen LogP contribution is -1.84. The first-order valence-electron chi connectivity index (χ1n) is 5.66. The van der Waals surface area contributed by atoms with Crippen molar-refractivity contribution in [3.05, 3.63) is 42.5 Å². The minimum Gasteiger partial charge on any atom is -0.364 e.